The monoisotopic (exact) mass is 442 g/mol. The highest BCUT2D eigenvalue weighted by Crippen LogP contribution is 2.32. The van der Waals surface area contributed by atoms with Crippen LogP contribution in [0, 0.1) is 0 Å². The van der Waals surface area contributed by atoms with Crippen molar-refractivity contribution in [3.05, 3.63) is 101 Å². The largest absolute Gasteiger partial charge is 0.355 e. The fourth-order valence-corrected chi connectivity index (χ4v) is 4.10. The SMILES string of the molecule is CC(C)c1cccc(C(C)C)c1NC(=O)CC(=O)NCC(c1ccccc1)c1ccccc1. The Morgan fingerprint density at radius 1 is 0.667 bits per heavy atom. The molecule has 4 nitrogen and oxygen atoms in total. The zero-order valence-corrected chi connectivity index (χ0v) is 20.0. The van der Waals surface area contributed by atoms with Gasteiger partial charge in [-0.2, -0.15) is 0 Å². The van der Waals surface area contributed by atoms with Gasteiger partial charge in [0.25, 0.3) is 0 Å². The van der Waals surface area contributed by atoms with Crippen molar-refractivity contribution in [2.75, 3.05) is 11.9 Å². The molecule has 0 fully saturated rings. The van der Waals surface area contributed by atoms with Crippen molar-refractivity contribution in [1.29, 1.82) is 0 Å². The molecule has 2 amide bonds. The summed E-state index contributed by atoms with van der Waals surface area (Å²) in [6.45, 7) is 8.86. The lowest BCUT2D eigenvalue weighted by Gasteiger charge is -2.21. The molecule has 0 saturated heterocycles. The maximum Gasteiger partial charge on any atom is 0.233 e. The molecule has 0 radical (unpaired) electrons. The second-order valence-corrected chi connectivity index (χ2v) is 9.02. The molecule has 0 aliphatic carbocycles. The number of anilines is 1. The van der Waals surface area contributed by atoms with Crippen LogP contribution in [0.15, 0.2) is 78.9 Å². The number of para-hydroxylation sites is 1. The summed E-state index contributed by atoms with van der Waals surface area (Å²) in [5.74, 6) is -0.0137. The van der Waals surface area contributed by atoms with E-state index in [0.29, 0.717) is 6.54 Å². The van der Waals surface area contributed by atoms with Gasteiger partial charge in [0.1, 0.15) is 6.42 Å². The van der Waals surface area contributed by atoms with E-state index in [0.717, 1.165) is 27.9 Å². The van der Waals surface area contributed by atoms with Gasteiger partial charge in [-0.3, -0.25) is 9.59 Å². The first-order valence-electron chi connectivity index (χ1n) is 11.7. The summed E-state index contributed by atoms with van der Waals surface area (Å²) in [6.07, 6.45) is -0.208. The average molecular weight is 443 g/mol. The lowest BCUT2D eigenvalue weighted by Crippen LogP contribution is -2.32. The molecule has 4 heteroatoms. The summed E-state index contributed by atoms with van der Waals surface area (Å²) >= 11 is 0. The van der Waals surface area contributed by atoms with Crippen molar-refractivity contribution in [2.45, 2.75) is 51.9 Å². The first-order chi connectivity index (χ1) is 15.9. The number of hydrogen-bond donors (Lipinski definition) is 2. The van der Waals surface area contributed by atoms with Gasteiger partial charge in [0.15, 0.2) is 0 Å². The first-order valence-corrected chi connectivity index (χ1v) is 11.7. The van der Waals surface area contributed by atoms with Crippen LogP contribution in [0.4, 0.5) is 5.69 Å². The maximum absolute atomic E-state index is 12.8. The molecule has 0 unspecified atom stereocenters. The van der Waals surface area contributed by atoms with Crippen LogP contribution in [0.5, 0.6) is 0 Å². The summed E-state index contributed by atoms with van der Waals surface area (Å²) in [4.78, 5) is 25.5. The Balaban J connectivity index is 1.68. The second-order valence-electron chi connectivity index (χ2n) is 9.02. The van der Waals surface area contributed by atoms with Crippen LogP contribution in [-0.2, 0) is 9.59 Å². The van der Waals surface area contributed by atoms with Crippen LogP contribution in [0.2, 0.25) is 0 Å². The van der Waals surface area contributed by atoms with Crippen LogP contribution in [-0.4, -0.2) is 18.4 Å². The fraction of sp³-hybridized carbons (Fsp3) is 0.310. The van der Waals surface area contributed by atoms with Crippen LogP contribution in [0.25, 0.3) is 0 Å². The highest BCUT2D eigenvalue weighted by atomic mass is 16.2. The lowest BCUT2D eigenvalue weighted by atomic mass is 9.91. The number of hydrogen-bond acceptors (Lipinski definition) is 2. The summed E-state index contributed by atoms with van der Waals surface area (Å²) < 4.78 is 0. The van der Waals surface area contributed by atoms with E-state index in [-0.39, 0.29) is 36.0 Å². The molecule has 0 bridgehead atoms. The molecule has 0 atom stereocenters. The third-order valence-electron chi connectivity index (χ3n) is 5.87. The van der Waals surface area contributed by atoms with E-state index in [2.05, 4.69) is 62.6 Å². The Kier molecular flexibility index (Phi) is 8.42. The van der Waals surface area contributed by atoms with E-state index in [1.807, 2.05) is 54.6 Å². The molecular weight excluding hydrogens is 408 g/mol. The predicted molar refractivity (Wildman–Crippen MR) is 136 cm³/mol. The van der Waals surface area contributed by atoms with Crippen molar-refractivity contribution in [1.82, 2.24) is 5.32 Å². The van der Waals surface area contributed by atoms with E-state index < -0.39 is 0 Å². The Morgan fingerprint density at radius 3 is 1.61 bits per heavy atom. The van der Waals surface area contributed by atoms with Gasteiger partial charge in [0.05, 0.1) is 0 Å². The molecule has 0 heterocycles. The van der Waals surface area contributed by atoms with Crippen molar-refractivity contribution >= 4 is 17.5 Å². The van der Waals surface area contributed by atoms with E-state index >= 15 is 0 Å². The van der Waals surface area contributed by atoms with Gasteiger partial charge in [-0.05, 0) is 34.1 Å². The van der Waals surface area contributed by atoms with Gasteiger partial charge >= 0.3 is 0 Å². The first kappa shape index (κ1) is 24.2. The van der Waals surface area contributed by atoms with Gasteiger partial charge < -0.3 is 10.6 Å². The predicted octanol–water partition coefficient (Wildman–Crippen LogP) is 6.21. The van der Waals surface area contributed by atoms with Gasteiger partial charge in [-0.1, -0.05) is 107 Å². The standard InChI is InChI=1S/C29H34N2O2/c1-20(2)24-16-11-17-25(21(3)4)29(24)31-28(33)18-27(32)30-19-26(22-12-7-5-8-13-22)23-14-9-6-10-15-23/h5-17,20-21,26H,18-19H2,1-4H3,(H,30,32)(H,31,33). The smallest absolute Gasteiger partial charge is 0.233 e. The summed E-state index contributed by atoms with van der Waals surface area (Å²) in [7, 11) is 0. The number of amides is 2. The molecule has 0 saturated carbocycles. The highest BCUT2D eigenvalue weighted by molar-refractivity contribution is 6.04. The fourth-order valence-electron chi connectivity index (χ4n) is 4.10. The average Bonchev–Trinajstić information content (AvgIpc) is 2.80. The molecule has 33 heavy (non-hydrogen) atoms. The van der Waals surface area contributed by atoms with Crippen molar-refractivity contribution in [2.24, 2.45) is 0 Å². The number of carbonyl (C=O) groups is 2. The second kappa shape index (κ2) is 11.5. The summed E-state index contributed by atoms with van der Waals surface area (Å²) in [5, 5.41) is 6.00. The van der Waals surface area contributed by atoms with Crippen LogP contribution < -0.4 is 10.6 Å². The molecule has 0 spiro atoms. The number of carbonyl (C=O) groups excluding carboxylic acids is 2. The zero-order valence-electron chi connectivity index (χ0n) is 20.0. The Hall–Kier alpha value is -3.40. The van der Waals surface area contributed by atoms with Crippen LogP contribution in [0.1, 0.15) is 74.1 Å². The van der Waals surface area contributed by atoms with Gasteiger partial charge in [-0.15, -0.1) is 0 Å². The minimum absolute atomic E-state index is 0.0219. The Bertz CT molecular complexity index is 994. The number of rotatable bonds is 9. The summed E-state index contributed by atoms with van der Waals surface area (Å²) in [6, 6.07) is 26.3. The van der Waals surface area contributed by atoms with E-state index in [1.165, 1.54) is 0 Å². The molecule has 3 aromatic carbocycles. The van der Waals surface area contributed by atoms with E-state index in [4.69, 9.17) is 0 Å². The molecule has 0 aromatic heterocycles. The van der Waals surface area contributed by atoms with Crippen molar-refractivity contribution < 1.29 is 9.59 Å². The molecule has 0 aliphatic rings. The van der Waals surface area contributed by atoms with Crippen molar-refractivity contribution in [3.8, 4) is 0 Å². The number of nitrogens with one attached hydrogen (secondary N) is 2. The van der Waals surface area contributed by atoms with Crippen molar-refractivity contribution in [3.63, 3.8) is 0 Å². The number of benzene rings is 3. The van der Waals surface area contributed by atoms with Crippen LogP contribution >= 0.6 is 0 Å². The van der Waals surface area contributed by atoms with Gasteiger partial charge in [0, 0.05) is 18.2 Å². The minimum atomic E-state index is -0.293. The van der Waals surface area contributed by atoms with Gasteiger partial charge in [0.2, 0.25) is 11.8 Å². The van der Waals surface area contributed by atoms with Gasteiger partial charge in [-0.25, -0.2) is 0 Å². The molecule has 0 aliphatic heterocycles. The molecule has 3 aromatic rings. The quantitative estimate of drug-likeness (QED) is 0.387. The molecule has 3 rings (SSSR count). The lowest BCUT2D eigenvalue weighted by molar-refractivity contribution is -0.126. The van der Waals surface area contributed by atoms with Crippen LogP contribution in [0.3, 0.4) is 0 Å². The third-order valence-corrected chi connectivity index (χ3v) is 5.87. The zero-order chi connectivity index (χ0) is 23.8. The van der Waals surface area contributed by atoms with E-state index in [9.17, 15) is 9.59 Å². The Morgan fingerprint density at radius 2 is 1.15 bits per heavy atom. The normalized spacial score (nSPS) is 11.1. The minimum Gasteiger partial charge on any atom is -0.355 e. The maximum atomic E-state index is 12.8. The third kappa shape index (κ3) is 6.55. The Labute approximate surface area is 197 Å². The molecule has 2 N–H and O–H groups in total. The molecular formula is C29H34N2O2. The summed E-state index contributed by atoms with van der Waals surface area (Å²) in [5.41, 5.74) is 5.26. The highest BCUT2D eigenvalue weighted by Gasteiger charge is 2.19. The topological polar surface area (TPSA) is 58.2 Å². The molecule has 172 valence electrons. The van der Waals surface area contributed by atoms with E-state index in [1.54, 1.807) is 0 Å².